The van der Waals surface area contributed by atoms with E-state index in [2.05, 4.69) is 34.0 Å². The molecule has 0 radical (unpaired) electrons. The molecule has 31 heavy (non-hydrogen) atoms. The smallest absolute Gasteiger partial charge is 0.138 e. The monoisotopic (exact) mass is 456 g/mol. The van der Waals surface area contributed by atoms with Crippen LogP contribution in [0, 0.1) is 0 Å². The maximum absolute atomic E-state index is 6.47. The molecule has 9 heteroatoms. The third-order valence-electron chi connectivity index (χ3n) is 5.18. The highest BCUT2D eigenvalue weighted by Crippen LogP contribution is 2.30. The molecule has 0 atom stereocenters. The molecular formula is C22H22Cl2N6O. The number of benzene rings is 2. The summed E-state index contributed by atoms with van der Waals surface area (Å²) in [6.45, 7) is 5.09. The molecule has 0 bridgehead atoms. The van der Waals surface area contributed by atoms with Gasteiger partial charge in [0.25, 0.3) is 0 Å². The van der Waals surface area contributed by atoms with Gasteiger partial charge in [0.1, 0.15) is 25.3 Å². The zero-order valence-electron chi connectivity index (χ0n) is 17.3. The quantitative estimate of drug-likeness (QED) is 0.373. The van der Waals surface area contributed by atoms with Gasteiger partial charge in [0, 0.05) is 0 Å². The first kappa shape index (κ1) is 21.5. The highest BCUT2D eigenvalue weighted by Gasteiger charge is 2.16. The van der Waals surface area contributed by atoms with Crippen molar-refractivity contribution in [2.24, 2.45) is 0 Å². The van der Waals surface area contributed by atoms with Crippen molar-refractivity contribution in [3.05, 3.63) is 81.9 Å². The fourth-order valence-corrected chi connectivity index (χ4v) is 4.30. The van der Waals surface area contributed by atoms with Gasteiger partial charge in [-0.3, -0.25) is 0 Å². The van der Waals surface area contributed by atoms with Crippen LogP contribution >= 0.6 is 23.2 Å². The minimum atomic E-state index is 0.451. The van der Waals surface area contributed by atoms with Gasteiger partial charge in [0.15, 0.2) is 0 Å². The molecule has 0 saturated carbocycles. The lowest BCUT2D eigenvalue weighted by atomic mass is 10.0. The van der Waals surface area contributed by atoms with E-state index in [-0.39, 0.29) is 0 Å². The average Bonchev–Trinajstić information content (AvgIpc) is 3.49. The maximum atomic E-state index is 6.47. The third-order valence-corrected chi connectivity index (χ3v) is 5.79. The van der Waals surface area contributed by atoms with Crippen LogP contribution in [-0.2, 0) is 30.8 Å². The van der Waals surface area contributed by atoms with Crippen LogP contribution in [0.2, 0.25) is 10.0 Å². The van der Waals surface area contributed by atoms with Crippen molar-refractivity contribution in [3.63, 3.8) is 0 Å². The van der Waals surface area contributed by atoms with E-state index in [0.717, 1.165) is 46.5 Å². The molecular weight excluding hydrogens is 435 g/mol. The molecule has 7 nitrogen and oxygen atoms in total. The van der Waals surface area contributed by atoms with E-state index in [1.165, 1.54) is 12.7 Å². The van der Waals surface area contributed by atoms with Crippen molar-refractivity contribution >= 4 is 23.2 Å². The number of hydrogen-bond donors (Lipinski definition) is 0. The Bertz CT molecular complexity index is 1070. The summed E-state index contributed by atoms with van der Waals surface area (Å²) < 4.78 is 9.53. The largest absolute Gasteiger partial charge is 0.372 e. The summed E-state index contributed by atoms with van der Waals surface area (Å²) in [4.78, 5) is 8.08. The Balaban J connectivity index is 1.58. The van der Waals surface area contributed by atoms with Gasteiger partial charge in [0.2, 0.25) is 0 Å². The number of aromatic nitrogens is 6. The fourth-order valence-electron chi connectivity index (χ4n) is 3.77. The Hall–Kier alpha value is -2.74. The van der Waals surface area contributed by atoms with E-state index < -0.39 is 0 Å². The van der Waals surface area contributed by atoms with Gasteiger partial charge in [-0.15, -0.1) is 0 Å². The Morgan fingerprint density at radius 3 is 1.55 bits per heavy atom. The van der Waals surface area contributed by atoms with Crippen LogP contribution in [0.3, 0.4) is 0 Å². The molecule has 160 valence electrons. The lowest BCUT2D eigenvalue weighted by Gasteiger charge is -2.17. The molecule has 0 aliphatic heterocycles. The van der Waals surface area contributed by atoms with Crippen LogP contribution in [0.15, 0.2) is 49.6 Å². The lowest BCUT2D eigenvalue weighted by Crippen LogP contribution is -2.08. The van der Waals surface area contributed by atoms with Crippen LogP contribution in [0.4, 0.5) is 0 Å². The highest BCUT2D eigenvalue weighted by molar-refractivity contribution is 6.32. The predicted molar refractivity (Wildman–Crippen MR) is 120 cm³/mol. The molecule has 2 aromatic carbocycles. The summed E-state index contributed by atoms with van der Waals surface area (Å²) in [5.74, 6) is 0. The highest BCUT2D eigenvalue weighted by atomic mass is 35.5. The van der Waals surface area contributed by atoms with Gasteiger partial charge >= 0.3 is 0 Å². The minimum absolute atomic E-state index is 0.451. The Morgan fingerprint density at radius 2 is 1.19 bits per heavy atom. The van der Waals surface area contributed by atoms with Gasteiger partial charge in [0.05, 0.1) is 34.6 Å². The van der Waals surface area contributed by atoms with E-state index in [0.29, 0.717) is 23.3 Å². The number of hydrogen-bond acceptors (Lipinski definition) is 5. The van der Waals surface area contributed by atoms with E-state index in [4.69, 9.17) is 27.9 Å². The SMILES string of the molecule is CCc1c(COCc2ccc(Cl)c(-n3cncn3)c2CC)ccc(Cl)c1-n1cncn1. The molecule has 4 rings (SSSR count). The van der Waals surface area contributed by atoms with E-state index in [1.807, 2.05) is 24.3 Å². The van der Waals surface area contributed by atoms with E-state index >= 15 is 0 Å². The topological polar surface area (TPSA) is 70.7 Å². The first-order valence-electron chi connectivity index (χ1n) is 10.0. The van der Waals surface area contributed by atoms with Crippen LogP contribution in [0.5, 0.6) is 0 Å². The molecule has 0 saturated heterocycles. The summed E-state index contributed by atoms with van der Waals surface area (Å²) in [7, 11) is 0. The van der Waals surface area contributed by atoms with Gasteiger partial charge in [-0.05, 0) is 47.2 Å². The molecule has 0 aliphatic rings. The normalized spacial score (nSPS) is 11.2. The molecule has 4 aromatic rings. The molecule has 2 aromatic heterocycles. The standard InChI is InChI=1S/C22H22Cl2N6O/c1-3-17-15(5-7-19(23)21(17)29-13-25-11-27-29)9-31-10-16-6-8-20(24)22(18(16)4-2)30-14-26-12-28-30/h5-8,11-14H,3-4,9-10H2,1-2H3. The maximum Gasteiger partial charge on any atom is 0.138 e. The number of ether oxygens (including phenoxy) is 1. The minimum Gasteiger partial charge on any atom is -0.372 e. The third kappa shape index (κ3) is 4.35. The average molecular weight is 457 g/mol. The number of rotatable bonds is 8. The molecule has 0 N–H and O–H groups in total. The van der Waals surface area contributed by atoms with E-state index in [1.54, 1.807) is 22.0 Å². The van der Waals surface area contributed by atoms with Gasteiger partial charge in [-0.25, -0.2) is 19.3 Å². The molecule has 0 aliphatic carbocycles. The van der Waals surface area contributed by atoms with Crippen LogP contribution in [0.25, 0.3) is 11.4 Å². The summed E-state index contributed by atoms with van der Waals surface area (Å²) in [5, 5.41) is 9.76. The molecule has 0 amide bonds. The van der Waals surface area contributed by atoms with E-state index in [9.17, 15) is 0 Å². The zero-order chi connectivity index (χ0) is 21.8. The van der Waals surface area contributed by atoms with Crippen molar-refractivity contribution in [1.29, 1.82) is 0 Å². The molecule has 0 fully saturated rings. The van der Waals surface area contributed by atoms with Crippen LogP contribution in [0.1, 0.15) is 36.1 Å². The molecule has 2 heterocycles. The first-order chi connectivity index (χ1) is 15.1. The van der Waals surface area contributed by atoms with Crippen molar-refractivity contribution in [1.82, 2.24) is 29.5 Å². The molecule has 0 unspecified atom stereocenters. The van der Waals surface area contributed by atoms with Crippen molar-refractivity contribution < 1.29 is 4.74 Å². The number of halogens is 2. The molecule has 0 spiro atoms. The zero-order valence-corrected chi connectivity index (χ0v) is 18.8. The summed E-state index contributed by atoms with van der Waals surface area (Å²) in [5.41, 5.74) is 6.01. The fraction of sp³-hybridized carbons (Fsp3) is 0.273. The van der Waals surface area contributed by atoms with Crippen molar-refractivity contribution in [2.45, 2.75) is 39.9 Å². The summed E-state index contributed by atoms with van der Waals surface area (Å²) >= 11 is 12.9. The summed E-state index contributed by atoms with van der Waals surface area (Å²) in [6, 6.07) is 7.76. The Labute approximate surface area is 190 Å². The predicted octanol–water partition coefficient (Wildman–Crippen LogP) is 5.00. The van der Waals surface area contributed by atoms with Gasteiger partial charge < -0.3 is 4.74 Å². The van der Waals surface area contributed by atoms with Crippen LogP contribution < -0.4 is 0 Å². The van der Waals surface area contributed by atoms with Crippen molar-refractivity contribution in [3.8, 4) is 11.4 Å². The number of nitrogens with zero attached hydrogens (tertiary/aromatic N) is 6. The van der Waals surface area contributed by atoms with Gasteiger partial charge in [-0.2, -0.15) is 10.2 Å². The lowest BCUT2D eigenvalue weighted by molar-refractivity contribution is 0.106. The summed E-state index contributed by atoms with van der Waals surface area (Å²) in [6.07, 6.45) is 7.89. The van der Waals surface area contributed by atoms with Gasteiger partial charge in [-0.1, -0.05) is 49.2 Å². The van der Waals surface area contributed by atoms with Crippen LogP contribution in [-0.4, -0.2) is 29.5 Å². The second kappa shape index (κ2) is 9.60. The second-order valence-electron chi connectivity index (χ2n) is 6.95. The Morgan fingerprint density at radius 1 is 0.742 bits per heavy atom. The Kier molecular flexibility index (Phi) is 6.65. The van der Waals surface area contributed by atoms with Crippen molar-refractivity contribution in [2.75, 3.05) is 0 Å². The second-order valence-corrected chi connectivity index (χ2v) is 7.76. The first-order valence-corrected chi connectivity index (χ1v) is 10.8.